The van der Waals surface area contributed by atoms with Crippen LogP contribution >= 0.6 is 22.9 Å². The Morgan fingerprint density at radius 2 is 2.18 bits per heavy atom. The molecule has 17 heavy (non-hydrogen) atoms. The van der Waals surface area contributed by atoms with Crippen molar-refractivity contribution in [2.45, 2.75) is 19.3 Å². The van der Waals surface area contributed by atoms with Crippen LogP contribution in [0, 0.1) is 0 Å². The summed E-state index contributed by atoms with van der Waals surface area (Å²) in [5.41, 5.74) is 0. The number of anilines is 1. The van der Waals surface area contributed by atoms with Crippen molar-refractivity contribution in [3.05, 3.63) is 16.7 Å². The minimum absolute atomic E-state index is 0.258. The lowest BCUT2D eigenvalue weighted by Gasteiger charge is -2.06. The smallest absolute Gasteiger partial charge is 0.225 e. The van der Waals surface area contributed by atoms with Gasteiger partial charge >= 0.3 is 0 Å². The first-order valence-corrected chi connectivity index (χ1v) is 6.82. The summed E-state index contributed by atoms with van der Waals surface area (Å²) in [4.78, 5) is 9.25. The Balaban J connectivity index is 2.00. The van der Waals surface area contributed by atoms with E-state index in [1.807, 2.05) is 11.4 Å². The predicted octanol–water partition coefficient (Wildman–Crippen LogP) is 2.92. The topological polar surface area (TPSA) is 58.0 Å². The van der Waals surface area contributed by atoms with E-state index >= 15 is 0 Å². The molecule has 0 fully saturated rings. The van der Waals surface area contributed by atoms with E-state index in [1.54, 1.807) is 11.3 Å². The highest BCUT2D eigenvalue weighted by atomic mass is 35.5. The minimum atomic E-state index is 0.258. The number of aliphatic hydroxyl groups excluding tert-OH is 1. The average molecular weight is 272 g/mol. The lowest BCUT2D eigenvalue weighted by atomic mass is 10.2. The van der Waals surface area contributed by atoms with Gasteiger partial charge in [-0.15, -0.1) is 11.3 Å². The van der Waals surface area contributed by atoms with Crippen LogP contribution in [0.25, 0.3) is 10.2 Å². The van der Waals surface area contributed by atoms with Gasteiger partial charge in [0, 0.05) is 13.2 Å². The molecule has 0 saturated carbocycles. The first kappa shape index (κ1) is 12.5. The summed E-state index contributed by atoms with van der Waals surface area (Å²) in [5.74, 6) is 0.797. The van der Waals surface area contributed by atoms with E-state index in [4.69, 9.17) is 16.7 Å². The van der Waals surface area contributed by atoms with E-state index in [9.17, 15) is 0 Å². The maximum atomic E-state index is 8.68. The molecule has 0 amide bonds. The molecule has 0 unspecified atom stereocenters. The molecule has 0 atom stereocenters. The fourth-order valence-electron chi connectivity index (χ4n) is 1.58. The molecule has 0 spiro atoms. The summed E-state index contributed by atoms with van der Waals surface area (Å²) in [6.07, 6.45) is 2.86. The third-order valence-corrected chi connectivity index (χ3v) is 3.40. The quantitative estimate of drug-likeness (QED) is 0.627. The number of aliphatic hydroxyl groups is 1. The molecule has 4 nitrogen and oxygen atoms in total. The second kappa shape index (κ2) is 6.14. The van der Waals surface area contributed by atoms with Gasteiger partial charge in [-0.1, -0.05) is 0 Å². The van der Waals surface area contributed by atoms with Crippen LogP contribution < -0.4 is 5.32 Å². The van der Waals surface area contributed by atoms with Gasteiger partial charge in [0.1, 0.15) is 10.6 Å². The third kappa shape index (κ3) is 3.28. The predicted molar refractivity (Wildman–Crippen MR) is 71.9 cm³/mol. The van der Waals surface area contributed by atoms with Gasteiger partial charge in [0.05, 0.1) is 5.39 Å². The maximum absolute atomic E-state index is 8.68. The van der Waals surface area contributed by atoms with Gasteiger partial charge in [0.2, 0.25) is 5.28 Å². The van der Waals surface area contributed by atoms with E-state index in [0.717, 1.165) is 41.8 Å². The second-order valence-corrected chi connectivity index (χ2v) is 4.92. The monoisotopic (exact) mass is 271 g/mol. The number of hydrogen-bond donors (Lipinski definition) is 2. The zero-order chi connectivity index (χ0) is 12.1. The first-order chi connectivity index (χ1) is 8.31. The van der Waals surface area contributed by atoms with Crippen molar-refractivity contribution >= 4 is 39.0 Å². The van der Waals surface area contributed by atoms with Gasteiger partial charge in [-0.25, -0.2) is 9.97 Å². The Hall–Kier alpha value is -0.910. The molecule has 0 aliphatic rings. The molecule has 2 aromatic rings. The minimum Gasteiger partial charge on any atom is -0.396 e. The van der Waals surface area contributed by atoms with Gasteiger partial charge < -0.3 is 10.4 Å². The van der Waals surface area contributed by atoms with E-state index < -0.39 is 0 Å². The van der Waals surface area contributed by atoms with Crippen LogP contribution in [-0.2, 0) is 0 Å². The highest BCUT2D eigenvalue weighted by molar-refractivity contribution is 7.16. The Morgan fingerprint density at radius 1 is 1.29 bits per heavy atom. The van der Waals surface area contributed by atoms with Gasteiger partial charge in [0.25, 0.3) is 0 Å². The number of rotatable bonds is 6. The van der Waals surface area contributed by atoms with Gasteiger partial charge in [0.15, 0.2) is 0 Å². The average Bonchev–Trinajstić information content (AvgIpc) is 2.76. The molecule has 0 saturated heterocycles. The summed E-state index contributed by atoms with van der Waals surface area (Å²) in [5, 5.41) is 15.2. The van der Waals surface area contributed by atoms with Crippen LogP contribution in [0.15, 0.2) is 11.4 Å². The number of hydrogen-bond acceptors (Lipinski definition) is 5. The molecule has 2 heterocycles. The highest BCUT2D eigenvalue weighted by Gasteiger charge is 2.06. The number of fused-ring (bicyclic) bond motifs is 1. The van der Waals surface area contributed by atoms with E-state index in [2.05, 4.69) is 15.3 Å². The summed E-state index contributed by atoms with van der Waals surface area (Å²) in [7, 11) is 0. The second-order valence-electron chi connectivity index (χ2n) is 3.69. The molecular weight excluding hydrogens is 258 g/mol. The number of thiophene rings is 1. The van der Waals surface area contributed by atoms with Crippen LogP contribution in [-0.4, -0.2) is 28.2 Å². The van der Waals surface area contributed by atoms with Crippen LogP contribution in [0.4, 0.5) is 5.82 Å². The molecular formula is C11H14ClN3OS. The largest absolute Gasteiger partial charge is 0.396 e. The number of unbranched alkanes of at least 4 members (excludes halogenated alkanes) is 2. The third-order valence-electron chi connectivity index (χ3n) is 2.43. The lowest BCUT2D eigenvalue weighted by molar-refractivity contribution is 0.283. The molecule has 2 aromatic heterocycles. The fourth-order valence-corrected chi connectivity index (χ4v) is 2.57. The zero-order valence-electron chi connectivity index (χ0n) is 9.32. The van der Waals surface area contributed by atoms with Crippen molar-refractivity contribution in [1.82, 2.24) is 9.97 Å². The van der Waals surface area contributed by atoms with Crippen LogP contribution in [0.2, 0.25) is 5.28 Å². The first-order valence-electron chi connectivity index (χ1n) is 5.57. The zero-order valence-corrected chi connectivity index (χ0v) is 10.9. The lowest BCUT2D eigenvalue weighted by Crippen LogP contribution is -2.04. The van der Waals surface area contributed by atoms with Crippen molar-refractivity contribution in [2.24, 2.45) is 0 Å². The number of nitrogens with zero attached hydrogens (tertiary/aromatic N) is 2. The molecule has 0 aromatic carbocycles. The van der Waals surface area contributed by atoms with E-state index in [-0.39, 0.29) is 11.9 Å². The highest BCUT2D eigenvalue weighted by Crippen LogP contribution is 2.26. The fraction of sp³-hybridized carbons (Fsp3) is 0.455. The number of aromatic nitrogens is 2. The van der Waals surface area contributed by atoms with Crippen molar-refractivity contribution in [1.29, 1.82) is 0 Å². The van der Waals surface area contributed by atoms with Crippen molar-refractivity contribution in [3.63, 3.8) is 0 Å². The van der Waals surface area contributed by atoms with Crippen LogP contribution in [0.5, 0.6) is 0 Å². The Morgan fingerprint density at radius 3 is 3.00 bits per heavy atom. The number of halogens is 1. The van der Waals surface area contributed by atoms with Gasteiger partial charge in [-0.2, -0.15) is 0 Å². The van der Waals surface area contributed by atoms with Gasteiger partial charge in [-0.3, -0.25) is 0 Å². The Labute approximate surface area is 109 Å². The Bertz CT molecular complexity index is 489. The standard InChI is InChI=1S/C11H14ClN3OS/c12-11-14-9(13-5-2-1-3-6-16)8-4-7-17-10(8)15-11/h4,7,16H,1-3,5-6H2,(H,13,14,15). The van der Waals surface area contributed by atoms with Crippen molar-refractivity contribution in [2.75, 3.05) is 18.5 Å². The molecule has 0 aliphatic carbocycles. The summed E-state index contributed by atoms with van der Waals surface area (Å²) < 4.78 is 0. The van der Waals surface area contributed by atoms with E-state index in [0.29, 0.717) is 0 Å². The maximum Gasteiger partial charge on any atom is 0.225 e. The van der Waals surface area contributed by atoms with Crippen LogP contribution in [0.1, 0.15) is 19.3 Å². The molecule has 0 radical (unpaired) electrons. The molecule has 0 aliphatic heterocycles. The van der Waals surface area contributed by atoms with Crippen molar-refractivity contribution in [3.8, 4) is 0 Å². The summed E-state index contributed by atoms with van der Waals surface area (Å²) >= 11 is 7.41. The molecule has 92 valence electrons. The Kier molecular flexibility index (Phi) is 4.53. The van der Waals surface area contributed by atoms with E-state index in [1.165, 1.54) is 0 Å². The molecule has 6 heteroatoms. The molecule has 2 rings (SSSR count). The number of nitrogens with one attached hydrogen (secondary N) is 1. The summed E-state index contributed by atoms with van der Waals surface area (Å²) in [6, 6.07) is 1.99. The van der Waals surface area contributed by atoms with Crippen LogP contribution in [0.3, 0.4) is 0 Å². The van der Waals surface area contributed by atoms with Gasteiger partial charge in [-0.05, 0) is 42.3 Å². The molecule has 0 bridgehead atoms. The molecule has 2 N–H and O–H groups in total. The SMILES string of the molecule is OCCCCCNc1nc(Cl)nc2sccc12. The normalized spacial score (nSPS) is 10.9. The van der Waals surface area contributed by atoms with Crippen molar-refractivity contribution < 1.29 is 5.11 Å². The summed E-state index contributed by atoms with van der Waals surface area (Å²) in [6.45, 7) is 1.09.